The van der Waals surface area contributed by atoms with Crippen LogP contribution in [0.1, 0.15) is 76.3 Å². The normalized spacial score (nSPS) is 10.6. The molecule has 0 N–H and O–H groups in total. The highest BCUT2D eigenvalue weighted by atomic mass is 31.1. The van der Waals surface area contributed by atoms with Crippen LogP contribution in [0.4, 0.5) is 0 Å². The van der Waals surface area contributed by atoms with Crippen LogP contribution in [0.25, 0.3) is 0 Å². The summed E-state index contributed by atoms with van der Waals surface area (Å²) in [6.07, 6.45) is 12.2. The Morgan fingerprint density at radius 2 is 1.00 bits per heavy atom. The van der Waals surface area contributed by atoms with E-state index >= 15 is 0 Å². The molecule has 0 heterocycles. The Hall–Kier alpha value is -1.86. The zero-order chi connectivity index (χ0) is 20.0. The average Bonchev–Trinajstić information content (AvgIpc) is 2.71. The SMILES string of the molecule is CCCCCCc1ccc(O[P+](=O)Oc2ccc(CCCCCC)cc2)cc1. The van der Waals surface area contributed by atoms with E-state index in [2.05, 4.69) is 13.8 Å². The molecule has 0 aliphatic carbocycles. The number of benzene rings is 2. The van der Waals surface area contributed by atoms with Gasteiger partial charge in [0.05, 0.1) is 0 Å². The molecule has 3 nitrogen and oxygen atoms in total. The third kappa shape index (κ3) is 8.89. The van der Waals surface area contributed by atoms with Crippen molar-refractivity contribution in [3.8, 4) is 11.5 Å². The summed E-state index contributed by atoms with van der Waals surface area (Å²) in [7, 11) is -2.23. The third-order valence-corrected chi connectivity index (χ3v) is 5.56. The van der Waals surface area contributed by atoms with Gasteiger partial charge in [-0.1, -0.05) is 76.6 Å². The highest BCUT2D eigenvalue weighted by Gasteiger charge is 2.24. The largest absolute Gasteiger partial charge is 0.805 e. The van der Waals surface area contributed by atoms with Gasteiger partial charge in [0, 0.05) is 4.57 Å². The number of hydrogen-bond acceptors (Lipinski definition) is 3. The Bertz CT molecular complexity index is 621. The van der Waals surface area contributed by atoms with E-state index in [1.807, 2.05) is 48.5 Å². The molecule has 0 saturated carbocycles. The average molecular weight is 402 g/mol. The second-order valence-electron chi connectivity index (χ2n) is 7.32. The van der Waals surface area contributed by atoms with E-state index in [4.69, 9.17) is 9.05 Å². The van der Waals surface area contributed by atoms with Gasteiger partial charge in [0.25, 0.3) is 0 Å². The Labute approximate surface area is 171 Å². The number of rotatable bonds is 14. The molecule has 28 heavy (non-hydrogen) atoms. The van der Waals surface area contributed by atoms with Gasteiger partial charge in [0.1, 0.15) is 0 Å². The molecule has 0 aliphatic rings. The fourth-order valence-electron chi connectivity index (χ4n) is 3.14. The molecular formula is C24H34O3P+. The fraction of sp³-hybridized carbons (Fsp3) is 0.500. The highest BCUT2D eigenvalue weighted by Crippen LogP contribution is 2.31. The van der Waals surface area contributed by atoms with Gasteiger partial charge >= 0.3 is 8.25 Å². The summed E-state index contributed by atoms with van der Waals surface area (Å²) in [5, 5.41) is 0. The highest BCUT2D eigenvalue weighted by molar-refractivity contribution is 7.34. The molecule has 2 rings (SSSR count). The number of hydrogen-bond donors (Lipinski definition) is 0. The minimum Gasteiger partial charge on any atom is -0.222 e. The van der Waals surface area contributed by atoms with Crippen molar-refractivity contribution in [3.05, 3.63) is 59.7 Å². The van der Waals surface area contributed by atoms with Gasteiger partial charge in [-0.3, -0.25) is 0 Å². The van der Waals surface area contributed by atoms with Crippen LogP contribution >= 0.6 is 8.25 Å². The smallest absolute Gasteiger partial charge is 0.222 e. The molecule has 0 fully saturated rings. The first-order valence-electron chi connectivity index (χ1n) is 10.7. The number of aryl methyl sites for hydroxylation is 2. The lowest BCUT2D eigenvalue weighted by atomic mass is 10.1. The first-order valence-corrected chi connectivity index (χ1v) is 11.8. The lowest BCUT2D eigenvalue weighted by molar-refractivity contribution is 0.415. The van der Waals surface area contributed by atoms with Crippen molar-refractivity contribution in [2.75, 3.05) is 0 Å². The van der Waals surface area contributed by atoms with Crippen LogP contribution < -0.4 is 9.05 Å². The number of unbranched alkanes of at least 4 members (excludes halogenated alkanes) is 6. The minimum atomic E-state index is -2.23. The van der Waals surface area contributed by atoms with Gasteiger partial charge in [-0.05, 0) is 61.1 Å². The predicted octanol–water partition coefficient (Wildman–Crippen LogP) is 8.05. The van der Waals surface area contributed by atoms with E-state index in [1.54, 1.807) is 0 Å². The molecule has 0 aromatic heterocycles. The van der Waals surface area contributed by atoms with Crippen LogP contribution in [0.15, 0.2) is 48.5 Å². The van der Waals surface area contributed by atoms with Crippen LogP contribution in [-0.2, 0) is 17.4 Å². The second kappa shape index (κ2) is 13.3. The second-order valence-corrected chi connectivity index (χ2v) is 8.13. The topological polar surface area (TPSA) is 35.5 Å². The van der Waals surface area contributed by atoms with E-state index in [0.717, 1.165) is 12.8 Å². The summed E-state index contributed by atoms with van der Waals surface area (Å²) in [5.41, 5.74) is 2.57. The van der Waals surface area contributed by atoms with E-state index in [9.17, 15) is 4.57 Å². The molecule has 0 radical (unpaired) electrons. The van der Waals surface area contributed by atoms with Crippen molar-refractivity contribution in [2.45, 2.75) is 78.1 Å². The molecule has 0 saturated heterocycles. The Balaban J connectivity index is 1.74. The quantitative estimate of drug-likeness (QED) is 0.237. The van der Waals surface area contributed by atoms with E-state index in [0.29, 0.717) is 11.5 Å². The van der Waals surface area contributed by atoms with Gasteiger partial charge < -0.3 is 0 Å². The summed E-state index contributed by atoms with van der Waals surface area (Å²) in [6, 6.07) is 15.6. The zero-order valence-electron chi connectivity index (χ0n) is 17.4. The zero-order valence-corrected chi connectivity index (χ0v) is 18.3. The van der Waals surface area contributed by atoms with E-state index in [-0.39, 0.29) is 0 Å². The lowest BCUT2D eigenvalue weighted by Crippen LogP contribution is -1.91. The molecular weight excluding hydrogens is 367 g/mol. The van der Waals surface area contributed by atoms with Gasteiger partial charge in [-0.15, -0.1) is 0 Å². The molecule has 152 valence electrons. The maximum atomic E-state index is 12.1. The summed E-state index contributed by atoms with van der Waals surface area (Å²) >= 11 is 0. The molecule has 0 aliphatic heterocycles. The van der Waals surface area contributed by atoms with Crippen LogP contribution in [0.5, 0.6) is 11.5 Å². The molecule has 0 spiro atoms. The Morgan fingerprint density at radius 3 is 1.36 bits per heavy atom. The predicted molar refractivity (Wildman–Crippen MR) is 117 cm³/mol. The fourth-order valence-corrected chi connectivity index (χ4v) is 3.76. The summed E-state index contributed by atoms with van der Waals surface area (Å²) in [6.45, 7) is 4.44. The van der Waals surface area contributed by atoms with Crippen LogP contribution in [-0.4, -0.2) is 0 Å². The van der Waals surface area contributed by atoms with Crippen molar-refractivity contribution >= 4 is 8.25 Å². The van der Waals surface area contributed by atoms with Crippen molar-refractivity contribution in [1.29, 1.82) is 0 Å². The van der Waals surface area contributed by atoms with Crippen molar-refractivity contribution in [3.63, 3.8) is 0 Å². The third-order valence-electron chi connectivity index (χ3n) is 4.84. The first-order chi connectivity index (χ1) is 13.7. The Kier molecular flexibility index (Phi) is 10.7. The molecule has 2 aromatic rings. The van der Waals surface area contributed by atoms with Crippen molar-refractivity contribution < 1.29 is 13.6 Å². The molecule has 4 heteroatoms. The summed E-state index contributed by atoms with van der Waals surface area (Å²) in [4.78, 5) is 0. The maximum absolute atomic E-state index is 12.1. The van der Waals surface area contributed by atoms with Crippen LogP contribution in [0.3, 0.4) is 0 Å². The molecule has 0 atom stereocenters. The standard InChI is InChI=1S/C24H34O3P/c1-3-5-7-9-11-21-13-17-23(18-14-21)26-28(25)27-24-19-15-22(16-20-24)12-10-8-6-4-2/h13-20H,3-12H2,1-2H3/q+1. The summed E-state index contributed by atoms with van der Waals surface area (Å²) in [5.74, 6) is 1.15. The Morgan fingerprint density at radius 1 is 0.607 bits per heavy atom. The molecule has 0 unspecified atom stereocenters. The van der Waals surface area contributed by atoms with Crippen LogP contribution in [0, 0.1) is 0 Å². The maximum Gasteiger partial charge on any atom is 0.805 e. The molecule has 0 bridgehead atoms. The van der Waals surface area contributed by atoms with Gasteiger partial charge in [-0.2, -0.15) is 0 Å². The van der Waals surface area contributed by atoms with Crippen LogP contribution in [0.2, 0.25) is 0 Å². The van der Waals surface area contributed by atoms with E-state index in [1.165, 1.54) is 62.5 Å². The minimum absolute atomic E-state index is 0.575. The van der Waals surface area contributed by atoms with Gasteiger partial charge in [0.2, 0.25) is 0 Å². The summed E-state index contributed by atoms with van der Waals surface area (Å²) < 4.78 is 23.0. The lowest BCUT2D eigenvalue weighted by Gasteiger charge is -2.02. The monoisotopic (exact) mass is 401 g/mol. The van der Waals surface area contributed by atoms with Crippen molar-refractivity contribution in [2.24, 2.45) is 0 Å². The van der Waals surface area contributed by atoms with Gasteiger partial charge in [0.15, 0.2) is 11.5 Å². The molecule has 2 aromatic carbocycles. The molecule has 0 amide bonds. The van der Waals surface area contributed by atoms with E-state index < -0.39 is 8.25 Å². The van der Waals surface area contributed by atoms with Gasteiger partial charge in [-0.25, -0.2) is 9.05 Å². The van der Waals surface area contributed by atoms with Crippen molar-refractivity contribution in [1.82, 2.24) is 0 Å². The first kappa shape index (κ1) is 22.4.